The highest BCUT2D eigenvalue weighted by molar-refractivity contribution is 9.10. The summed E-state index contributed by atoms with van der Waals surface area (Å²) in [5.74, 6) is 0. The molecule has 0 saturated heterocycles. The summed E-state index contributed by atoms with van der Waals surface area (Å²) in [6.07, 6.45) is 1.17. The standard InChI is InChI=1S/C18H19BrClNO2/c1-18(2,3)21(17(22)23-12-6-11-20)15-10-9-13-7-4-5-8-14(13)16(15)19/h4-11H,12H2,1-3H3/b11-6+. The number of hydrogen-bond donors (Lipinski definition) is 0. The van der Waals surface area contributed by atoms with Crippen LogP contribution in [0.15, 0.2) is 52.5 Å². The van der Waals surface area contributed by atoms with Crippen LogP contribution in [0.5, 0.6) is 0 Å². The van der Waals surface area contributed by atoms with Crippen molar-refractivity contribution in [2.75, 3.05) is 11.5 Å². The fraction of sp³-hybridized carbons (Fsp3) is 0.278. The van der Waals surface area contributed by atoms with Gasteiger partial charge in [0, 0.05) is 15.5 Å². The Bertz CT molecular complexity index is 737. The maximum atomic E-state index is 12.6. The zero-order valence-electron chi connectivity index (χ0n) is 13.3. The lowest BCUT2D eigenvalue weighted by Crippen LogP contribution is -2.46. The van der Waals surface area contributed by atoms with E-state index in [0.717, 1.165) is 20.9 Å². The van der Waals surface area contributed by atoms with Crippen molar-refractivity contribution in [1.29, 1.82) is 0 Å². The highest BCUT2D eigenvalue weighted by atomic mass is 79.9. The van der Waals surface area contributed by atoms with Gasteiger partial charge in [-0.2, -0.15) is 0 Å². The molecule has 0 bridgehead atoms. The second kappa shape index (κ2) is 7.37. The molecule has 0 aromatic heterocycles. The van der Waals surface area contributed by atoms with Crippen molar-refractivity contribution in [3.8, 4) is 0 Å². The topological polar surface area (TPSA) is 29.5 Å². The first-order chi connectivity index (χ1) is 10.9. The molecule has 0 spiro atoms. The van der Waals surface area contributed by atoms with Crippen LogP contribution in [-0.2, 0) is 4.74 Å². The zero-order valence-corrected chi connectivity index (χ0v) is 15.7. The van der Waals surface area contributed by atoms with Crippen molar-refractivity contribution in [2.24, 2.45) is 0 Å². The number of nitrogens with zero attached hydrogens (tertiary/aromatic N) is 1. The number of amides is 1. The van der Waals surface area contributed by atoms with E-state index in [2.05, 4.69) is 15.9 Å². The second-order valence-electron chi connectivity index (χ2n) is 6.06. The van der Waals surface area contributed by atoms with Crippen LogP contribution >= 0.6 is 27.5 Å². The van der Waals surface area contributed by atoms with Crippen LogP contribution in [0.2, 0.25) is 0 Å². The predicted octanol–water partition coefficient (Wildman–Crippen LogP) is 6.10. The minimum atomic E-state index is -0.438. The number of benzene rings is 2. The number of ether oxygens (including phenoxy) is 1. The maximum Gasteiger partial charge on any atom is 0.415 e. The van der Waals surface area contributed by atoms with Gasteiger partial charge < -0.3 is 4.74 Å². The molecule has 0 saturated carbocycles. The van der Waals surface area contributed by atoms with E-state index in [9.17, 15) is 4.79 Å². The molecule has 1 amide bonds. The van der Waals surface area contributed by atoms with E-state index in [4.69, 9.17) is 16.3 Å². The first-order valence-corrected chi connectivity index (χ1v) is 8.48. The van der Waals surface area contributed by atoms with Gasteiger partial charge in [0.05, 0.1) is 5.69 Å². The minimum absolute atomic E-state index is 0.139. The first-order valence-electron chi connectivity index (χ1n) is 7.25. The summed E-state index contributed by atoms with van der Waals surface area (Å²) in [5.41, 5.74) is 1.67. The summed E-state index contributed by atoms with van der Waals surface area (Å²) >= 11 is 9.11. The number of fused-ring (bicyclic) bond motifs is 1. The zero-order chi connectivity index (χ0) is 17.0. The summed E-state index contributed by atoms with van der Waals surface area (Å²) in [6.45, 7) is 6.04. The van der Waals surface area contributed by atoms with E-state index < -0.39 is 11.6 Å². The molecule has 0 radical (unpaired) electrons. The first kappa shape index (κ1) is 17.8. The molecule has 23 heavy (non-hydrogen) atoms. The van der Waals surface area contributed by atoms with Crippen LogP contribution in [0, 0.1) is 0 Å². The Balaban J connectivity index is 2.48. The summed E-state index contributed by atoms with van der Waals surface area (Å²) in [4.78, 5) is 14.2. The molecule has 0 aliphatic heterocycles. The maximum absolute atomic E-state index is 12.6. The van der Waals surface area contributed by atoms with Gasteiger partial charge in [0.25, 0.3) is 0 Å². The molecule has 0 heterocycles. The molecule has 0 N–H and O–H groups in total. The van der Waals surface area contributed by atoms with E-state index in [1.54, 1.807) is 11.0 Å². The molecule has 5 heteroatoms. The molecule has 0 aliphatic rings. The van der Waals surface area contributed by atoms with E-state index in [-0.39, 0.29) is 6.61 Å². The molecule has 122 valence electrons. The molecular formula is C18H19BrClNO2. The van der Waals surface area contributed by atoms with Gasteiger partial charge in [0.2, 0.25) is 0 Å². The summed E-state index contributed by atoms with van der Waals surface area (Å²) in [5, 5.41) is 2.16. The van der Waals surface area contributed by atoms with Crippen LogP contribution in [0.25, 0.3) is 10.8 Å². The van der Waals surface area contributed by atoms with Crippen molar-refractivity contribution in [2.45, 2.75) is 26.3 Å². The van der Waals surface area contributed by atoms with E-state index in [0.29, 0.717) is 0 Å². The summed E-state index contributed by atoms with van der Waals surface area (Å²) in [6, 6.07) is 11.9. The lowest BCUT2D eigenvalue weighted by atomic mass is 10.0. The van der Waals surface area contributed by atoms with Crippen molar-refractivity contribution < 1.29 is 9.53 Å². The van der Waals surface area contributed by atoms with Gasteiger partial charge >= 0.3 is 6.09 Å². The molecule has 0 atom stereocenters. The molecule has 2 aromatic carbocycles. The number of carbonyl (C=O) groups is 1. The average molecular weight is 397 g/mol. The second-order valence-corrected chi connectivity index (χ2v) is 7.11. The number of halogens is 2. The van der Waals surface area contributed by atoms with Gasteiger partial charge in [-0.15, -0.1) is 0 Å². The van der Waals surface area contributed by atoms with Crippen molar-refractivity contribution >= 4 is 50.1 Å². The van der Waals surface area contributed by atoms with E-state index in [1.165, 1.54) is 5.54 Å². The summed E-state index contributed by atoms with van der Waals surface area (Å²) in [7, 11) is 0. The largest absolute Gasteiger partial charge is 0.445 e. The van der Waals surface area contributed by atoms with Crippen LogP contribution in [0.4, 0.5) is 10.5 Å². The van der Waals surface area contributed by atoms with Crippen molar-refractivity contribution in [3.63, 3.8) is 0 Å². The Kier molecular flexibility index (Phi) is 5.71. The van der Waals surface area contributed by atoms with Gasteiger partial charge in [0.1, 0.15) is 6.61 Å². The van der Waals surface area contributed by atoms with Crippen LogP contribution < -0.4 is 4.90 Å². The number of anilines is 1. The van der Waals surface area contributed by atoms with E-state index in [1.807, 2.05) is 57.2 Å². The van der Waals surface area contributed by atoms with E-state index >= 15 is 0 Å². The van der Waals surface area contributed by atoms with Gasteiger partial charge in [-0.25, -0.2) is 4.79 Å². The fourth-order valence-corrected chi connectivity index (χ4v) is 3.09. The Morgan fingerprint density at radius 1 is 1.26 bits per heavy atom. The van der Waals surface area contributed by atoms with Crippen LogP contribution in [0.3, 0.4) is 0 Å². The smallest absolute Gasteiger partial charge is 0.415 e. The highest BCUT2D eigenvalue weighted by Gasteiger charge is 2.31. The minimum Gasteiger partial charge on any atom is -0.445 e. The third-order valence-electron chi connectivity index (χ3n) is 3.33. The lowest BCUT2D eigenvalue weighted by molar-refractivity contribution is 0.160. The third kappa shape index (κ3) is 4.06. The Morgan fingerprint density at radius 2 is 1.96 bits per heavy atom. The summed E-state index contributed by atoms with van der Waals surface area (Å²) < 4.78 is 6.16. The van der Waals surface area contributed by atoms with Crippen molar-refractivity contribution in [1.82, 2.24) is 0 Å². The Labute approximate surface area is 150 Å². The van der Waals surface area contributed by atoms with Gasteiger partial charge in [-0.3, -0.25) is 4.90 Å². The Morgan fingerprint density at radius 3 is 2.61 bits per heavy atom. The lowest BCUT2D eigenvalue weighted by Gasteiger charge is -2.35. The average Bonchev–Trinajstić information content (AvgIpc) is 2.49. The fourth-order valence-electron chi connectivity index (χ4n) is 2.35. The SMILES string of the molecule is CC(C)(C)N(C(=O)OC/C=C/Cl)c1ccc2ccccc2c1Br. The van der Waals surface area contributed by atoms with Gasteiger partial charge in [-0.1, -0.05) is 41.9 Å². The van der Waals surface area contributed by atoms with Crippen molar-refractivity contribution in [3.05, 3.63) is 52.5 Å². The van der Waals surface area contributed by atoms with Crippen LogP contribution in [-0.4, -0.2) is 18.2 Å². The molecular weight excluding hydrogens is 378 g/mol. The highest BCUT2D eigenvalue weighted by Crippen LogP contribution is 2.37. The predicted molar refractivity (Wildman–Crippen MR) is 100 cm³/mol. The molecule has 0 unspecified atom stereocenters. The molecule has 0 fully saturated rings. The monoisotopic (exact) mass is 395 g/mol. The Hall–Kier alpha value is -1.52. The number of rotatable bonds is 3. The molecule has 0 aliphatic carbocycles. The van der Waals surface area contributed by atoms with Gasteiger partial charge in [-0.05, 0) is 59.6 Å². The van der Waals surface area contributed by atoms with Gasteiger partial charge in [0.15, 0.2) is 0 Å². The quantitative estimate of drug-likeness (QED) is 0.627. The third-order valence-corrected chi connectivity index (χ3v) is 4.34. The molecule has 3 nitrogen and oxygen atoms in total. The molecule has 2 rings (SSSR count). The number of hydrogen-bond acceptors (Lipinski definition) is 2. The number of carbonyl (C=O) groups excluding carboxylic acids is 1. The normalized spacial score (nSPS) is 11.9. The van der Waals surface area contributed by atoms with Crippen LogP contribution in [0.1, 0.15) is 20.8 Å². The molecule has 2 aromatic rings.